The number of thioether (sulfide) groups is 1. The predicted octanol–water partition coefficient (Wildman–Crippen LogP) is 4.28. The van der Waals surface area contributed by atoms with E-state index in [1.807, 2.05) is 0 Å². The van der Waals surface area contributed by atoms with Crippen molar-refractivity contribution in [2.75, 3.05) is 7.11 Å². The Morgan fingerprint density at radius 2 is 1.87 bits per heavy atom. The molecule has 1 aromatic carbocycles. The summed E-state index contributed by atoms with van der Waals surface area (Å²) in [6, 6.07) is 2.20. The van der Waals surface area contributed by atoms with E-state index in [1.54, 1.807) is 0 Å². The first-order valence-electron chi connectivity index (χ1n) is 6.58. The van der Waals surface area contributed by atoms with Crippen molar-refractivity contribution in [1.29, 1.82) is 0 Å². The predicted molar refractivity (Wildman–Crippen MR) is 73.7 cm³/mol. The molecular weight excluding hydrogens is 343 g/mol. The number of aliphatic hydroxyl groups is 1. The molecule has 3 nitrogen and oxygen atoms in total. The lowest BCUT2D eigenvalue weighted by Crippen LogP contribution is -2.30. The molecule has 0 radical (unpaired) electrons. The lowest BCUT2D eigenvalue weighted by molar-refractivity contribution is -0.135. The fraction of sp³-hybridized carbons (Fsp3) is 0.571. The number of hydrogen-bond acceptors (Lipinski definition) is 4. The lowest BCUT2D eigenvalue weighted by Gasteiger charge is -2.26. The van der Waals surface area contributed by atoms with E-state index in [9.17, 15) is 27.1 Å². The van der Waals surface area contributed by atoms with Gasteiger partial charge < -0.3 is 14.6 Å². The molecule has 0 aliphatic heterocycles. The van der Waals surface area contributed by atoms with Gasteiger partial charge in [0.2, 0.25) is 5.79 Å². The van der Waals surface area contributed by atoms with E-state index in [1.165, 1.54) is 27.0 Å². The molecule has 9 heteroatoms. The van der Waals surface area contributed by atoms with Crippen molar-refractivity contribution in [1.82, 2.24) is 0 Å². The van der Waals surface area contributed by atoms with Crippen LogP contribution in [0.5, 0.6) is 5.75 Å². The Kier molecular flexibility index (Phi) is 4.60. The maximum atomic E-state index is 13.8. The van der Waals surface area contributed by atoms with Crippen LogP contribution in [0.25, 0.3) is 0 Å². The minimum atomic E-state index is -4.65. The van der Waals surface area contributed by atoms with Crippen LogP contribution in [0.1, 0.15) is 31.1 Å². The van der Waals surface area contributed by atoms with Crippen molar-refractivity contribution in [3.8, 4) is 5.75 Å². The van der Waals surface area contributed by atoms with Gasteiger partial charge in [-0.1, -0.05) is 0 Å². The van der Waals surface area contributed by atoms with Gasteiger partial charge in [-0.2, -0.15) is 13.2 Å². The van der Waals surface area contributed by atoms with Crippen LogP contribution in [0.3, 0.4) is 0 Å². The zero-order chi connectivity index (χ0) is 17.6. The molecule has 2 rings (SSSR count). The van der Waals surface area contributed by atoms with Gasteiger partial charge in [0.15, 0.2) is 0 Å². The second-order valence-electron chi connectivity index (χ2n) is 5.55. The largest absolute Gasteiger partial charge is 0.463 e. The van der Waals surface area contributed by atoms with Gasteiger partial charge in [-0.15, -0.1) is 0 Å². The molecule has 0 saturated carbocycles. The molecule has 1 N–H and O–H groups in total. The quantitative estimate of drug-likeness (QED) is 0.495. The minimum absolute atomic E-state index is 0.0328. The number of aliphatic hydroxyl groups excluding tert-OH is 1. The molecule has 0 saturated heterocycles. The lowest BCUT2D eigenvalue weighted by atomic mass is 10.1. The first kappa shape index (κ1) is 18.3. The SMILES string of the molecule is COC(C)(C)Oc1ccc(SC(F)(F)F)c2c1CC(F)(F)C2O. The van der Waals surface area contributed by atoms with E-state index in [-0.39, 0.29) is 11.3 Å². The van der Waals surface area contributed by atoms with Gasteiger partial charge in [-0.25, -0.2) is 8.78 Å². The Bertz CT molecular complexity index is 601. The molecule has 0 amide bonds. The fourth-order valence-corrected chi connectivity index (χ4v) is 2.99. The molecule has 0 spiro atoms. The zero-order valence-electron chi connectivity index (χ0n) is 12.5. The second-order valence-corrected chi connectivity index (χ2v) is 6.66. The van der Waals surface area contributed by atoms with Crippen LogP contribution in [0.15, 0.2) is 17.0 Å². The van der Waals surface area contributed by atoms with Crippen LogP contribution in [0.2, 0.25) is 0 Å². The molecule has 1 aromatic rings. The second kappa shape index (κ2) is 5.78. The Hall–Kier alpha value is -1.06. The molecular formula is C14H15F5O3S. The summed E-state index contributed by atoms with van der Waals surface area (Å²) in [7, 11) is 1.34. The number of alkyl halides is 5. The Balaban J connectivity index is 2.51. The van der Waals surface area contributed by atoms with Crippen molar-refractivity contribution in [3.63, 3.8) is 0 Å². The summed E-state index contributed by atoms with van der Waals surface area (Å²) in [5, 5.41) is 9.75. The minimum Gasteiger partial charge on any atom is -0.463 e. The molecule has 1 unspecified atom stereocenters. The summed E-state index contributed by atoms with van der Waals surface area (Å²) in [5.41, 5.74) is -5.23. The van der Waals surface area contributed by atoms with Crippen LogP contribution in [0.4, 0.5) is 22.0 Å². The average molecular weight is 358 g/mol. The van der Waals surface area contributed by atoms with E-state index < -0.39 is 52.0 Å². The summed E-state index contributed by atoms with van der Waals surface area (Å²) >= 11 is -0.537. The van der Waals surface area contributed by atoms with Crippen LogP contribution in [0, 0.1) is 0 Å². The van der Waals surface area contributed by atoms with Crippen molar-refractivity contribution in [2.45, 2.75) is 48.5 Å². The highest BCUT2D eigenvalue weighted by Crippen LogP contribution is 2.52. The zero-order valence-corrected chi connectivity index (χ0v) is 13.3. The maximum absolute atomic E-state index is 13.8. The van der Waals surface area contributed by atoms with Crippen molar-refractivity contribution in [3.05, 3.63) is 23.3 Å². The summed E-state index contributed by atoms with van der Waals surface area (Å²) in [6.45, 7) is 3.06. The highest BCUT2D eigenvalue weighted by Gasteiger charge is 2.50. The number of ether oxygens (including phenoxy) is 2. The Labute approximate surface area is 133 Å². The molecule has 1 atom stereocenters. The Morgan fingerprint density at radius 3 is 2.39 bits per heavy atom. The first-order valence-corrected chi connectivity index (χ1v) is 7.39. The molecule has 0 fully saturated rings. The molecule has 1 aliphatic rings. The molecule has 0 aromatic heterocycles. The molecule has 0 bridgehead atoms. The van der Waals surface area contributed by atoms with Gasteiger partial charge in [-0.3, -0.25) is 0 Å². The summed E-state index contributed by atoms with van der Waals surface area (Å²) in [6.07, 6.45) is -3.21. The molecule has 1 aliphatic carbocycles. The van der Waals surface area contributed by atoms with Gasteiger partial charge >= 0.3 is 5.51 Å². The number of benzene rings is 1. The monoisotopic (exact) mass is 358 g/mol. The van der Waals surface area contributed by atoms with Gasteiger partial charge in [0.25, 0.3) is 5.92 Å². The smallest absolute Gasteiger partial charge is 0.446 e. The molecule has 130 valence electrons. The Morgan fingerprint density at radius 1 is 1.26 bits per heavy atom. The number of halogens is 5. The standard InChI is InChI=1S/C14H15F5O3S/c1-12(2,21-3)22-8-4-5-9(23-14(17,18)19)10-7(8)6-13(15,16)11(10)20/h4-5,11,20H,6H2,1-3H3. The van der Waals surface area contributed by atoms with Crippen LogP contribution < -0.4 is 4.74 Å². The average Bonchev–Trinajstić information content (AvgIpc) is 2.63. The number of hydrogen-bond donors (Lipinski definition) is 1. The summed E-state index contributed by atoms with van der Waals surface area (Å²) in [5.74, 6) is -4.75. The molecule has 23 heavy (non-hydrogen) atoms. The number of rotatable bonds is 4. The van der Waals surface area contributed by atoms with E-state index in [2.05, 4.69) is 0 Å². The van der Waals surface area contributed by atoms with Crippen LogP contribution in [-0.2, 0) is 11.2 Å². The number of methoxy groups -OCH3 is 1. The third-order valence-electron chi connectivity index (χ3n) is 3.43. The van der Waals surface area contributed by atoms with Crippen LogP contribution >= 0.6 is 11.8 Å². The van der Waals surface area contributed by atoms with Gasteiger partial charge in [-0.05, 0) is 23.9 Å². The van der Waals surface area contributed by atoms with Crippen molar-refractivity contribution in [2.24, 2.45) is 0 Å². The molecule has 0 heterocycles. The van der Waals surface area contributed by atoms with E-state index in [0.29, 0.717) is 0 Å². The van der Waals surface area contributed by atoms with Crippen molar-refractivity contribution < 1.29 is 36.5 Å². The van der Waals surface area contributed by atoms with E-state index >= 15 is 0 Å². The maximum Gasteiger partial charge on any atom is 0.446 e. The fourth-order valence-electron chi connectivity index (χ4n) is 2.26. The first-order chi connectivity index (χ1) is 10.4. The third kappa shape index (κ3) is 3.89. The van der Waals surface area contributed by atoms with Crippen LogP contribution in [-0.4, -0.2) is 29.4 Å². The van der Waals surface area contributed by atoms with E-state index in [4.69, 9.17) is 9.47 Å². The highest BCUT2D eigenvalue weighted by molar-refractivity contribution is 8.00. The summed E-state index contributed by atoms with van der Waals surface area (Å²) < 4.78 is 75.9. The van der Waals surface area contributed by atoms with Gasteiger partial charge in [0.1, 0.15) is 11.9 Å². The van der Waals surface area contributed by atoms with Crippen molar-refractivity contribution >= 4 is 11.8 Å². The topological polar surface area (TPSA) is 38.7 Å². The summed E-state index contributed by atoms with van der Waals surface area (Å²) in [4.78, 5) is -0.459. The van der Waals surface area contributed by atoms with Gasteiger partial charge in [0.05, 0.1) is 0 Å². The normalized spacial score (nSPS) is 20.5. The number of fused-ring (bicyclic) bond motifs is 1. The van der Waals surface area contributed by atoms with E-state index in [0.717, 1.165) is 6.07 Å². The highest BCUT2D eigenvalue weighted by atomic mass is 32.2. The third-order valence-corrected chi connectivity index (χ3v) is 4.24. The van der Waals surface area contributed by atoms with Gasteiger partial charge in [0, 0.05) is 43.4 Å².